The van der Waals surface area contributed by atoms with Crippen LogP contribution in [0.1, 0.15) is 97.5 Å². The molecular weight excluding hydrogens is 404 g/mol. The summed E-state index contributed by atoms with van der Waals surface area (Å²) in [7, 11) is 0. The summed E-state index contributed by atoms with van der Waals surface area (Å²) in [5.74, 6) is 3.93. The number of rotatable bonds is 5. The first-order valence-corrected chi connectivity index (χ1v) is 13.8. The Hall–Kier alpha value is -1.12. The van der Waals surface area contributed by atoms with Crippen LogP contribution in [0, 0.1) is 40.4 Å². The number of fused-ring (bicyclic) bond motifs is 5. The maximum atomic E-state index is 11.2. The molecule has 0 heterocycles. The molecule has 0 amide bonds. The largest absolute Gasteiger partial charge is 0.393 e. The molecule has 4 aliphatic rings. The molecule has 0 bridgehead atoms. The summed E-state index contributed by atoms with van der Waals surface area (Å²) in [6, 6.07) is 10.2. The average Bonchev–Trinajstić information content (AvgIpc) is 3.16. The normalized spacial score (nSPS) is 43.0. The van der Waals surface area contributed by atoms with Gasteiger partial charge in [-0.2, -0.15) is 0 Å². The lowest BCUT2D eigenvalue weighted by molar-refractivity contribution is -0.0589. The van der Waals surface area contributed by atoms with Crippen molar-refractivity contribution in [3.05, 3.63) is 47.5 Å². The van der Waals surface area contributed by atoms with E-state index in [1.54, 1.807) is 5.57 Å². The highest BCUT2D eigenvalue weighted by atomic mass is 16.3. The first-order chi connectivity index (χ1) is 15.6. The van der Waals surface area contributed by atoms with Gasteiger partial charge in [0.1, 0.15) is 0 Å². The molecule has 3 saturated carbocycles. The van der Waals surface area contributed by atoms with E-state index in [9.17, 15) is 10.2 Å². The molecule has 0 spiro atoms. The SMILES string of the molecule is C[C@H](CC[C@](C)(O)c1ccccc1)[C@H]1CC[C@H]2[C@@H]3CC=C4C[C@H](O)CC[C@]4(C)[C@H]3CC[C@]12C. The molecule has 0 aliphatic heterocycles. The lowest BCUT2D eigenvalue weighted by Crippen LogP contribution is -2.50. The van der Waals surface area contributed by atoms with Gasteiger partial charge in [0.05, 0.1) is 11.7 Å². The minimum atomic E-state index is -0.739. The molecule has 182 valence electrons. The zero-order chi connectivity index (χ0) is 23.4. The quantitative estimate of drug-likeness (QED) is 0.464. The number of benzene rings is 1. The van der Waals surface area contributed by atoms with Crippen molar-refractivity contribution < 1.29 is 10.2 Å². The Morgan fingerprint density at radius 3 is 2.55 bits per heavy atom. The molecule has 2 N–H and O–H groups in total. The molecule has 3 fully saturated rings. The van der Waals surface area contributed by atoms with Gasteiger partial charge in [-0.25, -0.2) is 0 Å². The Bertz CT molecular complexity index is 872. The van der Waals surface area contributed by atoms with Gasteiger partial charge < -0.3 is 10.2 Å². The Balaban J connectivity index is 1.29. The predicted octanol–water partition coefficient (Wildman–Crippen LogP) is 7.25. The second-order valence-corrected chi connectivity index (χ2v) is 13.0. The van der Waals surface area contributed by atoms with Crippen LogP contribution < -0.4 is 0 Å². The van der Waals surface area contributed by atoms with Gasteiger partial charge in [0.15, 0.2) is 0 Å². The maximum Gasteiger partial charge on any atom is 0.0868 e. The summed E-state index contributed by atoms with van der Waals surface area (Å²) < 4.78 is 0. The summed E-state index contributed by atoms with van der Waals surface area (Å²) in [6.07, 6.45) is 14.2. The van der Waals surface area contributed by atoms with E-state index in [1.165, 1.54) is 38.5 Å². The van der Waals surface area contributed by atoms with E-state index in [0.717, 1.165) is 54.9 Å². The summed E-state index contributed by atoms with van der Waals surface area (Å²) in [5.41, 5.74) is 2.67. The summed E-state index contributed by atoms with van der Waals surface area (Å²) in [5, 5.41) is 21.4. The molecule has 0 radical (unpaired) electrons. The number of aliphatic hydroxyl groups is 2. The van der Waals surface area contributed by atoms with Crippen molar-refractivity contribution in [2.75, 3.05) is 0 Å². The van der Waals surface area contributed by atoms with Gasteiger partial charge in [-0.15, -0.1) is 0 Å². The molecule has 0 unspecified atom stereocenters. The second kappa shape index (κ2) is 8.52. The molecule has 1 aromatic carbocycles. The van der Waals surface area contributed by atoms with E-state index in [2.05, 4.69) is 39.0 Å². The van der Waals surface area contributed by atoms with Gasteiger partial charge in [0, 0.05) is 0 Å². The molecule has 33 heavy (non-hydrogen) atoms. The minimum absolute atomic E-state index is 0.112. The van der Waals surface area contributed by atoms with Crippen LogP contribution in [0.3, 0.4) is 0 Å². The van der Waals surface area contributed by atoms with Crippen LogP contribution in [0.25, 0.3) is 0 Å². The fraction of sp³-hybridized carbons (Fsp3) is 0.742. The lowest BCUT2D eigenvalue weighted by Gasteiger charge is -2.58. The van der Waals surface area contributed by atoms with Crippen LogP contribution in [-0.4, -0.2) is 16.3 Å². The highest BCUT2D eigenvalue weighted by molar-refractivity contribution is 5.25. The van der Waals surface area contributed by atoms with Gasteiger partial charge >= 0.3 is 0 Å². The van der Waals surface area contributed by atoms with Crippen molar-refractivity contribution in [2.24, 2.45) is 40.4 Å². The van der Waals surface area contributed by atoms with Gasteiger partial charge in [0.2, 0.25) is 0 Å². The van der Waals surface area contributed by atoms with Crippen LogP contribution in [-0.2, 0) is 5.60 Å². The van der Waals surface area contributed by atoms with Gasteiger partial charge in [0.25, 0.3) is 0 Å². The monoisotopic (exact) mass is 450 g/mol. The molecule has 4 aliphatic carbocycles. The molecule has 0 saturated heterocycles. The number of hydrogen-bond acceptors (Lipinski definition) is 2. The molecular formula is C31H46O2. The van der Waals surface area contributed by atoms with Gasteiger partial charge in [-0.3, -0.25) is 0 Å². The third kappa shape index (κ3) is 3.94. The van der Waals surface area contributed by atoms with Gasteiger partial charge in [-0.05, 0) is 117 Å². The van der Waals surface area contributed by atoms with Crippen molar-refractivity contribution in [3.8, 4) is 0 Å². The average molecular weight is 451 g/mol. The van der Waals surface area contributed by atoms with Crippen LogP contribution in [0.5, 0.6) is 0 Å². The van der Waals surface area contributed by atoms with Crippen molar-refractivity contribution in [1.82, 2.24) is 0 Å². The molecule has 0 aromatic heterocycles. The third-order valence-corrected chi connectivity index (χ3v) is 11.3. The Labute approximate surface area is 201 Å². The first kappa shape index (κ1) is 23.6. The molecule has 1 aromatic rings. The second-order valence-electron chi connectivity index (χ2n) is 13.0. The lowest BCUT2D eigenvalue weighted by atomic mass is 9.47. The minimum Gasteiger partial charge on any atom is -0.393 e. The standard InChI is InChI=1S/C31H46O2/c1-21(14-19-31(4,33)22-8-6-5-7-9-22)26-12-13-27-25-11-10-23-20-24(32)15-17-29(23,2)28(25)16-18-30(26,27)3/h5-10,21,24-28,32-33H,11-20H2,1-4H3/t21-,24-,25+,26-,27+,28+,29+,30-,31+/m1/s1. The Morgan fingerprint density at radius 1 is 1.03 bits per heavy atom. The van der Waals surface area contributed by atoms with Crippen LogP contribution in [0.4, 0.5) is 0 Å². The van der Waals surface area contributed by atoms with Crippen molar-refractivity contribution in [2.45, 2.75) is 104 Å². The van der Waals surface area contributed by atoms with E-state index >= 15 is 0 Å². The Kier molecular flexibility index (Phi) is 6.10. The van der Waals surface area contributed by atoms with Crippen molar-refractivity contribution in [3.63, 3.8) is 0 Å². The van der Waals surface area contributed by atoms with Crippen molar-refractivity contribution >= 4 is 0 Å². The van der Waals surface area contributed by atoms with Crippen LogP contribution in [0.2, 0.25) is 0 Å². The number of allylic oxidation sites excluding steroid dienone is 1. The van der Waals surface area contributed by atoms with E-state index < -0.39 is 5.60 Å². The highest BCUT2D eigenvalue weighted by Crippen LogP contribution is 2.67. The third-order valence-electron chi connectivity index (χ3n) is 11.3. The zero-order valence-electron chi connectivity index (χ0n) is 21.4. The van der Waals surface area contributed by atoms with Gasteiger partial charge in [-0.1, -0.05) is 62.8 Å². The first-order valence-electron chi connectivity index (χ1n) is 13.8. The van der Waals surface area contributed by atoms with Crippen LogP contribution in [0.15, 0.2) is 42.0 Å². The van der Waals surface area contributed by atoms with E-state index in [4.69, 9.17) is 0 Å². The smallest absolute Gasteiger partial charge is 0.0868 e. The van der Waals surface area contributed by atoms with E-state index in [1.807, 2.05) is 25.1 Å². The Morgan fingerprint density at radius 2 is 1.79 bits per heavy atom. The summed E-state index contributed by atoms with van der Waals surface area (Å²) >= 11 is 0. The maximum absolute atomic E-state index is 11.2. The molecule has 2 heteroatoms. The van der Waals surface area contributed by atoms with Crippen LogP contribution >= 0.6 is 0 Å². The molecule has 5 rings (SSSR count). The van der Waals surface area contributed by atoms with E-state index in [0.29, 0.717) is 16.7 Å². The fourth-order valence-corrected chi connectivity index (χ4v) is 9.27. The number of aliphatic hydroxyl groups excluding tert-OH is 1. The summed E-state index contributed by atoms with van der Waals surface area (Å²) in [4.78, 5) is 0. The zero-order valence-corrected chi connectivity index (χ0v) is 21.4. The fourth-order valence-electron chi connectivity index (χ4n) is 9.27. The topological polar surface area (TPSA) is 40.5 Å². The van der Waals surface area contributed by atoms with E-state index in [-0.39, 0.29) is 6.10 Å². The highest BCUT2D eigenvalue weighted by Gasteiger charge is 2.59. The molecule has 9 atom stereocenters. The number of hydrogen-bond donors (Lipinski definition) is 2. The molecule has 2 nitrogen and oxygen atoms in total. The summed E-state index contributed by atoms with van der Waals surface area (Å²) in [6.45, 7) is 9.62. The predicted molar refractivity (Wildman–Crippen MR) is 136 cm³/mol. The van der Waals surface area contributed by atoms with Crippen molar-refractivity contribution in [1.29, 1.82) is 0 Å².